The van der Waals surface area contributed by atoms with Gasteiger partial charge in [-0.3, -0.25) is 9.48 Å². The Kier molecular flexibility index (Phi) is 5.78. The van der Waals surface area contributed by atoms with E-state index in [1.165, 1.54) is 10.9 Å². The molecule has 1 N–H and O–H groups in total. The number of carbonyl (C=O) groups is 2. The van der Waals surface area contributed by atoms with E-state index < -0.39 is 11.9 Å². The Morgan fingerprint density at radius 1 is 1.25 bits per heavy atom. The standard InChI is InChI=1S/C20H21N3O5/c1-4-26-20(25)16-11-21-23(3)18(16)22-19(24)17-9-8-15(28-17)12-27-14-7-5-6-13(2)10-14/h5-11H,4,12H2,1-3H3,(H,22,24). The summed E-state index contributed by atoms with van der Waals surface area (Å²) < 4.78 is 17.6. The molecule has 3 aromatic rings. The number of benzene rings is 1. The van der Waals surface area contributed by atoms with Gasteiger partial charge in [-0.1, -0.05) is 12.1 Å². The molecule has 0 aliphatic heterocycles. The van der Waals surface area contributed by atoms with E-state index >= 15 is 0 Å². The summed E-state index contributed by atoms with van der Waals surface area (Å²) in [7, 11) is 1.61. The molecule has 0 bridgehead atoms. The van der Waals surface area contributed by atoms with Gasteiger partial charge in [-0.05, 0) is 43.7 Å². The summed E-state index contributed by atoms with van der Waals surface area (Å²) >= 11 is 0. The molecule has 8 heteroatoms. The third-order valence-corrected chi connectivity index (χ3v) is 3.92. The fraction of sp³-hybridized carbons (Fsp3) is 0.250. The van der Waals surface area contributed by atoms with E-state index in [1.807, 2.05) is 31.2 Å². The van der Waals surface area contributed by atoms with Gasteiger partial charge in [0.2, 0.25) is 0 Å². The van der Waals surface area contributed by atoms with Crippen LogP contribution in [0.1, 0.15) is 39.2 Å². The van der Waals surface area contributed by atoms with E-state index in [1.54, 1.807) is 26.1 Å². The number of ether oxygens (including phenoxy) is 2. The Labute approximate surface area is 162 Å². The molecule has 0 unspecified atom stereocenters. The summed E-state index contributed by atoms with van der Waals surface area (Å²) in [6.07, 6.45) is 1.34. The van der Waals surface area contributed by atoms with Crippen molar-refractivity contribution in [1.82, 2.24) is 9.78 Å². The highest BCUT2D eigenvalue weighted by Gasteiger charge is 2.21. The molecular weight excluding hydrogens is 362 g/mol. The van der Waals surface area contributed by atoms with Crippen molar-refractivity contribution in [2.24, 2.45) is 7.05 Å². The second-order valence-corrected chi connectivity index (χ2v) is 6.08. The van der Waals surface area contributed by atoms with Gasteiger partial charge < -0.3 is 19.2 Å². The molecule has 2 aromatic heterocycles. The Hall–Kier alpha value is -3.55. The number of aryl methyl sites for hydroxylation is 2. The zero-order valence-corrected chi connectivity index (χ0v) is 15.9. The van der Waals surface area contributed by atoms with Crippen LogP contribution in [-0.4, -0.2) is 28.3 Å². The number of furan rings is 1. The molecule has 0 atom stereocenters. The molecule has 1 amide bonds. The van der Waals surface area contributed by atoms with Crippen molar-refractivity contribution < 1.29 is 23.5 Å². The maximum Gasteiger partial charge on any atom is 0.343 e. The lowest BCUT2D eigenvalue weighted by Crippen LogP contribution is -2.17. The van der Waals surface area contributed by atoms with Gasteiger partial charge >= 0.3 is 5.97 Å². The highest BCUT2D eigenvalue weighted by molar-refractivity contribution is 6.05. The van der Waals surface area contributed by atoms with Gasteiger partial charge in [-0.2, -0.15) is 5.10 Å². The van der Waals surface area contributed by atoms with Gasteiger partial charge in [0.1, 0.15) is 29.5 Å². The molecule has 0 saturated carbocycles. The highest BCUT2D eigenvalue weighted by atomic mass is 16.5. The third kappa shape index (κ3) is 4.40. The minimum absolute atomic E-state index is 0.0962. The van der Waals surface area contributed by atoms with Crippen LogP contribution in [0, 0.1) is 6.92 Å². The zero-order chi connectivity index (χ0) is 20.1. The monoisotopic (exact) mass is 383 g/mol. The Morgan fingerprint density at radius 3 is 2.82 bits per heavy atom. The molecule has 0 spiro atoms. The topological polar surface area (TPSA) is 95.6 Å². The maximum atomic E-state index is 12.5. The molecule has 0 aliphatic rings. The average Bonchev–Trinajstić information content (AvgIpc) is 3.28. The van der Waals surface area contributed by atoms with Gasteiger partial charge in [0.15, 0.2) is 5.76 Å². The predicted molar refractivity (Wildman–Crippen MR) is 101 cm³/mol. The first-order valence-corrected chi connectivity index (χ1v) is 8.76. The van der Waals surface area contributed by atoms with Crippen molar-refractivity contribution in [3.63, 3.8) is 0 Å². The molecule has 0 fully saturated rings. The first kappa shape index (κ1) is 19.2. The van der Waals surface area contributed by atoms with Crippen LogP contribution in [-0.2, 0) is 18.4 Å². The number of esters is 1. The van der Waals surface area contributed by atoms with Crippen LogP contribution in [0.4, 0.5) is 5.82 Å². The van der Waals surface area contributed by atoms with Crippen molar-refractivity contribution in [2.45, 2.75) is 20.5 Å². The van der Waals surface area contributed by atoms with Crippen LogP contribution in [0.5, 0.6) is 5.75 Å². The van der Waals surface area contributed by atoms with Crippen LogP contribution in [0.15, 0.2) is 47.0 Å². The van der Waals surface area contributed by atoms with E-state index in [0.717, 1.165) is 11.3 Å². The number of nitrogens with one attached hydrogen (secondary N) is 1. The predicted octanol–water partition coefficient (Wildman–Crippen LogP) is 3.33. The van der Waals surface area contributed by atoms with Gasteiger partial charge in [-0.15, -0.1) is 0 Å². The van der Waals surface area contributed by atoms with Crippen molar-refractivity contribution in [3.05, 3.63) is 65.2 Å². The summed E-state index contributed by atoms with van der Waals surface area (Å²) in [6.45, 7) is 4.10. The summed E-state index contributed by atoms with van der Waals surface area (Å²) in [5.74, 6) is 0.489. The average molecular weight is 383 g/mol. The third-order valence-electron chi connectivity index (χ3n) is 3.92. The van der Waals surface area contributed by atoms with Crippen LogP contribution in [0.2, 0.25) is 0 Å². The highest BCUT2D eigenvalue weighted by Crippen LogP contribution is 2.19. The van der Waals surface area contributed by atoms with Crippen LogP contribution < -0.4 is 10.1 Å². The maximum absolute atomic E-state index is 12.5. The zero-order valence-electron chi connectivity index (χ0n) is 15.9. The minimum atomic E-state index is -0.558. The molecule has 3 rings (SSSR count). The van der Waals surface area contributed by atoms with Crippen molar-refractivity contribution >= 4 is 17.7 Å². The quantitative estimate of drug-likeness (QED) is 0.629. The van der Waals surface area contributed by atoms with Crippen LogP contribution >= 0.6 is 0 Å². The lowest BCUT2D eigenvalue weighted by Gasteiger charge is -2.07. The molecule has 28 heavy (non-hydrogen) atoms. The molecule has 0 saturated heterocycles. The summed E-state index contributed by atoms with van der Waals surface area (Å²) in [6, 6.07) is 10.9. The summed E-state index contributed by atoms with van der Waals surface area (Å²) in [5, 5.41) is 6.63. The number of carbonyl (C=O) groups excluding carboxylic acids is 2. The van der Waals surface area contributed by atoms with Crippen molar-refractivity contribution in [3.8, 4) is 5.75 Å². The fourth-order valence-electron chi connectivity index (χ4n) is 2.55. The van der Waals surface area contributed by atoms with E-state index in [0.29, 0.717) is 5.76 Å². The molecule has 146 valence electrons. The second kappa shape index (κ2) is 8.43. The first-order chi connectivity index (χ1) is 13.5. The number of hydrogen-bond acceptors (Lipinski definition) is 6. The molecule has 1 aromatic carbocycles. The van der Waals surface area contributed by atoms with Gasteiger partial charge in [0.25, 0.3) is 5.91 Å². The number of rotatable bonds is 7. The SMILES string of the molecule is CCOC(=O)c1cnn(C)c1NC(=O)c1ccc(COc2cccc(C)c2)o1. The summed E-state index contributed by atoms with van der Waals surface area (Å²) in [4.78, 5) is 24.5. The van der Waals surface area contributed by atoms with Gasteiger partial charge in [-0.25, -0.2) is 4.79 Å². The van der Waals surface area contributed by atoms with Crippen LogP contribution in [0.3, 0.4) is 0 Å². The van der Waals surface area contributed by atoms with Crippen molar-refractivity contribution in [2.75, 3.05) is 11.9 Å². The molecule has 2 heterocycles. The molecular formula is C20H21N3O5. The lowest BCUT2D eigenvalue weighted by molar-refractivity contribution is 0.0527. The van der Waals surface area contributed by atoms with E-state index in [-0.39, 0.29) is 30.4 Å². The van der Waals surface area contributed by atoms with Crippen molar-refractivity contribution in [1.29, 1.82) is 0 Å². The smallest absolute Gasteiger partial charge is 0.343 e. The Morgan fingerprint density at radius 2 is 2.07 bits per heavy atom. The van der Waals surface area contributed by atoms with E-state index in [9.17, 15) is 9.59 Å². The lowest BCUT2D eigenvalue weighted by atomic mass is 10.2. The number of amides is 1. The van der Waals surface area contributed by atoms with E-state index in [2.05, 4.69) is 10.4 Å². The molecule has 8 nitrogen and oxygen atoms in total. The first-order valence-electron chi connectivity index (χ1n) is 8.76. The van der Waals surface area contributed by atoms with E-state index in [4.69, 9.17) is 13.9 Å². The Bertz CT molecular complexity index is 989. The largest absolute Gasteiger partial charge is 0.486 e. The number of hydrogen-bond donors (Lipinski definition) is 1. The number of nitrogens with zero attached hydrogens (tertiary/aromatic N) is 2. The normalized spacial score (nSPS) is 10.5. The van der Waals surface area contributed by atoms with Gasteiger partial charge in [0, 0.05) is 7.05 Å². The molecule has 0 aliphatic carbocycles. The summed E-state index contributed by atoms with van der Waals surface area (Å²) in [5.41, 5.74) is 1.26. The second-order valence-electron chi connectivity index (χ2n) is 6.08. The number of aromatic nitrogens is 2. The van der Waals surface area contributed by atoms with Gasteiger partial charge in [0.05, 0.1) is 12.8 Å². The van der Waals surface area contributed by atoms with Crippen LogP contribution in [0.25, 0.3) is 0 Å². The Balaban J connectivity index is 1.66. The fourth-order valence-corrected chi connectivity index (χ4v) is 2.55. The number of anilines is 1. The minimum Gasteiger partial charge on any atom is -0.486 e. The molecule has 0 radical (unpaired) electrons.